The molecule has 0 bridgehead atoms. The second kappa shape index (κ2) is 5.67. The summed E-state index contributed by atoms with van der Waals surface area (Å²) in [5.41, 5.74) is 8.20. The lowest BCUT2D eigenvalue weighted by Gasteiger charge is -2.20. The molecule has 3 N–H and O–H groups in total. The summed E-state index contributed by atoms with van der Waals surface area (Å²) in [4.78, 5) is 4.13. The van der Waals surface area contributed by atoms with Gasteiger partial charge in [-0.05, 0) is 37.7 Å². The highest BCUT2D eigenvalue weighted by molar-refractivity contribution is 9.10. The number of benzene rings is 1. The smallest absolute Gasteiger partial charge is 0.129 e. The Hall–Kier alpha value is -1.46. The molecule has 0 amide bonds. The number of anilines is 1. The van der Waals surface area contributed by atoms with Crippen LogP contribution in [0.3, 0.4) is 0 Å². The van der Waals surface area contributed by atoms with Gasteiger partial charge in [-0.2, -0.15) is 0 Å². The molecule has 0 spiro atoms. The van der Waals surface area contributed by atoms with Crippen LogP contribution in [0.4, 0.5) is 10.2 Å². The number of aryl methyl sites for hydroxylation is 1. The molecule has 1 aromatic heterocycles. The van der Waals surface area contributed by atoms with E-state index in [1.54, 1.807) is 19.3 Å². The third-order valence-electron chi connectivity index (χ3n) is 2.97. The molecule has 1 atom stereocenters. The number of nitrogens with zero attached hydrogens (tertiary/aromatic N) is 1. The van der Waals surface area contributed by atoms with Gasteiger partial charge in [0.1, 0.15) is 11.6 Å². The Kier molecular flexibility index (Phi) is 4.17. The Morgan fingerprint density at radius 3 is 2.79 bits per heavy atom. The number of pyridine rings is 1. The van der Waals surface area contributed by atoms with Gasteiger partial charge in [-0.25, -0.2) is 9.37 Å². The summed E-state index contributed by atoms with van der Waals surface area (Å²) in [7, 11) is 1.77. The lowest BCUT2D eigenvalue weighted by Crippen LogP contribution is -2.21. The first-order valence-electron chi connectivity index (χ1n) is 5.87. The van der Waals surface area contributed by atoms with E-state index < -0.39 is 0 Å². The number of rotatable bonds is 3. The molecular formula is C14H15BrFN3. The Morgan fingerprint density at radius 1 is 1.42 bits per heavy atom. The van der Waals surface area contributed by atoms with Crippen LogP contribution < -0.4 is 11.1 Å². The first-order chi connectivity index (χ1) is 9.04. The maximum atomic E-state index is 14.1. The third-order valence-corrected chi connectivity index (χ3v) is 3.67. The Bertz CT molecular complexity index is 581. The molecule has 1 unspecified atom stereocenters. The van der Waals surface area contributed by atoms with Crippen molar-refractivity contribution in [1.29, 1.82) is 0 Å². The third kappa shape index (κ3) is 2.77. The summed E-state index contributed by atoms with van der Waals surface area (Å²) in [5, 5.41) is 3.09. The summed E-state index contributed by atoms with van der Waals surface area (Å²) < 4.78 is 14.8. The van der Waals surface area contributed by atoms with E-state index >= 15 is 0 Å². The van der Waals surface area contributed by atoms with Gasteiger partial charge in [0.05, 0.1) is 6.04 Å². The van der Waals surface area contributed by atoms with Crippen molar-refractivity contribution in [2.24, 2.45) is 0 Å². The zero-order valence-electron chi connectivity index (χ0n) is 10.7. The first kappa shape index (κ1) is 14.0. The van der Waals surface area contributed by atoms with Crippen LogP contribution in [-0.4, -0.2) is 12.0 Å². The van der Waals surface area contributed by atoms with Crippen LogP contribution >= 0.6 is 15.9 Å². The summed E-state index contributed by atoms with van der Waals surface area (Å²) in [5.74, 6) is 0.120. The number of nitrogen functional groups attached to an aromatic ring is 1. The number of hydrogen-bond donors (Lipinski definition) is 2. The highest BCUT2D eigenvalue weighted by atomic mass is 79.9. The summed E-state index contributed by atoms with van der Waals surface area (Å²) in [6, 6.07) is 6.48. The molecule has 1 aromatic carbocycles. The molecule has 0 saturated carbocycles. The fourth-order valence-electron chi connectivity index (χ4n) is 2.08. The fourth-order valence-corrected chi connectivity index (χ4v) is 2.65. The van der Waals surface area contributed by atoms with Crippen LogP contribution in [-0.2, 0) is 0 Å². The van der Waals surface area contributed by atoms with Gasteiger partial charge in [0.25, 0.3) is 0 Å². The van der Waals surface area contributed by atoms with Crippen molar-refractivity contribution in [1.82, 2.24) is 10.3 Å². The van der Waals surface area contributed by atoms with E-state index in [4.69, 9.17) is 5.73 Å². The molecule has 0 saturated heterocycles. The van der Waals surface area contributed by atoms with Crippen LogP contribution in [0.5, 0.6) is 0 Å². The Morgan fingerprint density at radius 2 is 2.16 bits per heavy atom. The largest absolute Gasteiger partial charge is 0.383 e. The number of nitrogens with one attached hydrogen (secondary N) is 1. The molecule has 19 heavy (non-hydrogen) atoms. The predicted octanol–water partition coefficient (Wildman–Crippen LogP) is 3.18. The molecular weight excluding hydrogens is 309 g/mol. The number of nitrogens with two attached hydrogens (primary N) is 1. The van der Waals surface area contributed by atoms with Gasteiger partial charge in [-0.15, -0.1) is 0 Å². The summed E-state index contributed by atoms with van der Waals surface area (Å²) >= 11 is 3.39. The van der Waals surface area contributed by atoms with E-state index in [1.165, 1.54) is 6.07 Å². The van der Waals surface area contributed by atoms with E-state index in [-0.39, 0.29) is 11.9 Å². The Labute approximate surface area is 120 Å². The predicted molar refractivity (Wildman–Crippen MR) is 78.4 cm³/mol. The van der Waals surface area contributed by atoms with Crippen molar-refractivity contribution in [2.75, 3.05) is 12.8 Å². The minimum absolute atomic E-state index is 0.283. The van der Waals surface area contributed by atoms with Crippen molar-refractivity contribution in [2.45, 2.75) is 13.0 Å². The van der Waals surface area contributed by atoms with E-state index in [9.17, 15) is 4.39 Å². The normalized spacial score (nSPS) is 12.4. The molecule has 2 aromatic rings. The van der Waals surface area contributed by atoms with E-state index in [0.29, 0.717) is 15.9 Å². The lowest BCUT2D eigenvalue weighted by molar-refractivity contribution is 0.574. The molecule has 1 heterocycles. The molecule has 0 radical (unpaired) electrons. The molecule has 0 fully saturated rings. The molecule has 100 valence electrons. The monoisotopic (exact) mass is 323 g/mol. The highest BCUT2D eigenvalue weighted by Crippen LogP contribution is 2.32. The van der Waals surface area contributed by atoms with Crippen LogP contribution in [0.25, 0.3) is 0 Å². The molecule has 0 aliphatic rings. The van der Waals surface area contributed by atoms with Crippen LogP contribution in [0.2, 0.25) is 0 Å². The van der Waals surface area contributed by atoms with Crippen LogP contribution in [0, 0.1) is 12.7 Å². The summed E-state index contributed by atoms with van der Waals surface area (Å²) in [6.07, 6.45) is 1.70. The van der Waals surface area contributed by atoms with E-state index in [1.807, 2.05) is 19.1 Å². The van der Waals surface area contributed by atoms with E-state index in [2.05, 4.69) is 26.2 Å². The first-order valence-corrected chi connectivity index (χ1v) is 6.67. The van der Waals surface area contributed by atoms with Gasteiger partial charge in [0.2, 0.25) is 0 Å². The maximum absolute atomic E-state index is 14.1. The van der Waals surface area contributed by atoms with Gasteiger partial charge < -0.3 is 11.1 Å². The molecule has 2 rings (SSSR count). The zero-order chi connectivity index (χ0) is 14.0. The van der Waals surface area contributed by atoms with Crippen molar-refractivity contribution in [3.8, 4) is 0 Å². The molecule has 0 aliphatic carbocycles. The van der Waals surface area contributed by atoms with Crippen molar-refractivity contribution in [3.63, 3.8) is 0 Å². The minimum atomic E-state index is -0.344. The van der Waals surface area contributed by atoms with Gasteiger partial charge >= 0.3 is 0 Å². The number of aromatic nitrogens is 1. The van der Waals surface area contributed by atoms with Gasteiger partial charge in [0.15, 0.2) is 0 Å². The van der Waals surface area contributed by atoms with Crippen molar-refractivity contribution in [3.05, 3.63) is 57.4 Å². The average Bonchev–Trinajstić information content (AvgIpc) is 2.37. The average molecular weight is 324 g/mol. The Balaban J connectivity index is 2.59. The van der Waals surface area contributed by atoms with Crippen molar-refractivity contribution >= 4 is 21.7 Å². The van der Waals surface area contributed by atoms with Gasteiger partial charge in [0, 0.05) is 21.8 Å². The standard InChI is InChI=1S/C14H15BrFN3/c1-8-6-9(14(17)19-7-8)13(18-2)12-10(15)4-3-5-11(12)16/h3-7,13,18H,1-2H3,(H2,17,19). The maximum Gasteiger partial charge on any atom is 0.129 e. The van der Waals surface area contributed by atoms with Crippen LogP contribution in [0.1, 0.15) is 22.7 Å². The molecule has 5 heteroatoms. The quantitative estimate of drug-likeness (QED) is 0.912. The second-order valence-electron chi connectivity index (χ2n) is 4.34. The molecule has 0 aliphatic heterocycles. The molecule has 3 nitrogen and oxygen atoms in total. The topological polar surface area (TPSA) is 50.9 Å². The van der Waals surface area contributed by atoms with E-state index in [0.717, 1.165) is 11.1 Å². The number of hydrogen-bond acceptors (Lipinski definition) is 3. The minimum Gasteiger partial charge on any atom is -0.383 e. The zero-order valence-corrected chi connectivity index (χ0v) is 12.3. The van der Waals surface area contributed by atoms with Gasteiger partial charge in [-0.3, -0.25) is 0 Å². The SMILES string of the molecule is CNC(c1cc(C)cnc1N)c1c(F)cccc1Br. The van der Waals surface area contributed by atoms with Gasteiger partial charge in [-0.1, -0.05) is 22.0 Å². The summed E-state index contributed by atoms with van der Waals surface area (Å²) in [6.45, 7) is 1.93. The highest BCUT2D eigenvalue weighted by Gasteiger charge is 2.21. The van der Waals surface area contributed by atoms with Crippen molar-refractivity contribution < 1.29 is 4.39 Å². The lowest BCUT2D eigenvalue weighted by atomic mass is 9.98. The fraction of sp³-hybridized carbons (Fsp3) is 0.214. The van der Waals surface area contributed by atoms with Crippen LogP contribution in [0.15, 0.2) is 34.9 Å². The second-order valence-corrected chi connectivity index (χ2v) is 5.20. The number of halogens is 2.